The van der Waals surface area contributed by atoms with Gasteiger partial charge in [0.1, 0.15) is 12.4 Å². The third-order valence-corrected chi connectivity index (χ3v) is 4.32. The van der Waals surface area contributed by atoms with Crippen molar-refractivity contribution >= 4 is 11.8 Å². The van der Waals surface area contributed by atoms with E-state index in [-0.39, 0.29) is 11.8 Å². The average molecular weight is 388 g/mol. The molecule has 148 valence electrons. The Bertz CT molecular complexity index is 971. The lowest BCUT2D eigenvalue weighted by atomic mass is 10.1. The van der Waals surface area contributed by atoms with E-state index in [1.165, 1.54) is 5.56 Å². The van der Waals surface area contributed by atoms with E-state index in [1.54, 1.807) is 30.3 Å². The number of carbonyl (C=O) groups excluding carboxylic acids is 2. The van der Waals surface area contributed by atoms with Crippen molar-refractivity contribution in [1.29, 1.82) is 0 Å². The minimum atomic E-state index is -0.208. The number of hydrogen-bond acceptors (Lipinski definition) is 3. The summed E-state index contributed by atoms with van der Waals surface area (Å²) in [6.07, 6.45) is 0. The van der Waals surface area contributed by atoms with Gasteiger partial charge in [-0.15, -0.1) is 0 Å². The van der Waals surface area contributed by atoms with E-state index in [1.807, 2.05) is 49.4 Å². The molecule has 3 rings (SSSR count). The molecule has 0 saturated heterocycles. The number of nitrogens with one attached hydrogen (secondary N) is 2. The second-order valence-electron chi connectivity index (χ2n) is 6.68. The van der Waals surface area contributed by atoms with Crippen molar-refractivity contribution in [3.8, 4) is 5.75 Å². The SMILES string of the molecule is Cc1cccc(COc2cccc(C(=O)NCCNC(=O)c3ccccc3)c2)c1. The summed E-state index contributed by atoms with van der Waals surface area (Å²) in [6, 6.07) is 24.1. The zero-order valence-corrected chi connectivity index (χ0v) is 16.4. The number of amides is 2. The van der Waals surface area contributed by atoms with E-state index in [0.717, 1.165) is 5.56 Å². The molecule has 3 aromatic carbocycles. The van der Waals surface area contributed by atoms with Crippen LogP contribution < -0.4 is 15.4 Å². The summed E-state index contributed by atoms with van der Waals surface area (Å²) in [5.41, 5.74) is 3.37. The average Bonchev–Trinajstić information content (AvgIpc) is 2.76. The molecular formula is C24H24N2O3. The highest BCUT2D eigenvalue weighted by Crippen LogP contribution is 2.15. The fraction of sp³-hybridized carbons (Fsp3) is 0.167. The van der Waals surface area contributed by atoms with Gasteiger partial charge in [0.2, 0.25) is 0 Å². The lowest BCUT2D eigenvalue weighted by molar-refractivity contribution is 0.0927. The van der Waals surface area contributed by atoms with Gasteiger partial charge in [-0.2, -0.15) is 0 Å². The van der Waals surface area contributed by atoms with Crippen LogP contribution in [0.5, 0.6) is 5.75 Å². The number of hydrogen-bond donors (Lipinski definition) is 2. The Morgan fingerprint density at radius 1 is 0.759 bits per heavy atom. The molecule has 0 aliphatic carbocycles. The first-order valence-corrected chi connectivity index (χ1v) is 9.52. The van der Waals surface area contributed by atoms with Crippen molar-refractivity contribution < 1.29 is 14.3 Å². The quantitative estimate of drug-likeness (QED) is 0.578. The van der Waals surface area contributed by atoms with Crippen LogP contribution in [0.1, 0.15) is 31.8 Å². The number of ether oxygens (including phenoxy) is 1. The van der Waals surface area contributed by atoms with Crippen LogP contribution in [0.15, 0.2) is 78.9 Å². The van der Waals surface area contributed by atoms with Crippen molar-refractivity contribution in [3.63, 3.8) is 0 Å². The van der Waals surface area contributed by atoms with Crippen LogP contribution in [-0.2, 0) is 6.61 Å². The molecule has 29 heavy (non-hydrogen) atoms. The highest BCUT2D eigenvalue weighted by atomic mass is 16.5. The van der Waals surface area contributed by atoms with E-state index in [9.17, 15) is 9.59 Å². The van der Waals surface area contributed by atoms with Gasteiger partial charge < -0.3 is 15.4 Å². The summed E-state index contributed by atoms with van der Waals surface area (Å²) in [5, 5.41) is 5.59. The molecule has 0 fully saturated rings. The van der Waals surface area contributed by atoms with Gasteiger partial charge in [-0.1, -0.05) is 54.1 Å². The Hall–Kier alpha value is -3.60. The predicted octanol–water partition coefficient (Wildman–Crippen LogP) is 3.73. The Morgan fingerprint density at radius 2 is 1.41 bits per heavy atom. The predicted molar refractivity (Wildman–Crippen MR) is 113 cm³/mol. The number of rotatable bonds is 8. The molecule has 0 unspecified atom stereocenters. The Labute approximate surface area is 170 Å². The summed E-state index contributed by atoms with van der Waals surface area (Å²) in [4.78, 5) is 24.3. The van der Waals surface area contributed by atoms with E-state index >= 15 is 0 Å². The van der Waals surface area contributed by atoms with Crippen LogP contribution in [0.3, 0.4) is 0 Å². The summed E-state index contributed by atoms with van der Waals surface area (Å²) >= 11 is 0. The molecule has 5 heteroatoms. The standard InChI is InChI=1S/C24H24N2O3/c1-18-7-5-8-19(15-18)17-29-22-12-6-11-21(16-22)24(28)26-14-13-25-23(27)20-9-3-2-4-10-20/h2-12,15-16H,13-14,17H2,1H3,(H,25,27)(H,26,28). The normalized spacial score (nSPS) is 10.2. The Kier molecular flexibility index (Phi) is 7.00. The van der Waals surface area contributed by atoms with Crippen LogP contribution >= 0.6 is 0 Å². The van der Waals surface area contributed by atoms with Crippen molar-refractivity contribution in [2.75, 3.05) is 13.1 Å². The highest BCUT2D eigenvalue weighted by molar-refractivity contribution is 5.95. The fourth-order valence-corrected chi connectivity index (χ4v) is 2.84. The van der Waals surface area contributed by atoms with Gasteiger partial charge >= 0.3 is 0 Å². The first-order chi connectivity index (χ1) is 14.1. The Morgan fingerprint density at radius 3 is 2.14 bits per heavy atom. The molecule has 0 aromatic heterocycles. The molecule has 5 nitrogen and oxygen atoms in total. The van der Waals surface area contributed by atoms with Crippen LogP contribution in [-0.4, -0.2) is 24.9 Å². The van der Waals surface area contributed by atoms with Gasteiger partial charge in [-0.25, -0.2) is 0 Å². The second-order valence-corrected chi connectivity index (χ2v) is 6.68. The van der Waals surface area contributed by atoms with Gasteiger partial charge in [0.05, 0.1) is 0 Å². The monoisotopic (exact) mass is 388 g/mol. The van der Waals surface area contributed by atoms with E-state index in [0.29, 0.717) is 36.6 Å². The minimum Gasteiger partial charge on any atom is -0.489 e. The van der Waals surface area contributed by atoms with Crippen LogP contribution in [0.2, 0.25) is 0 Å². The first-order valence-electron chi connectivity index (χ1n) is 9.52. The number of benzene rings is 3. The molecule has 0 aliphatic heterocycles. The smallest absolute Gasteiger partial charge is 0.251 e. The van der Waals surface area contributed by atoms with Gasteiger partial charge in [0.25, 0.3) is 11.8 Å². The lowest BCUT2D eigenvalue weighted by Crippen LogP contribution is -2.34. The minimum absolute atomic E-state index is 0.161. The van der Waals surface area contributed by atoms with Gasteiger partial charge in [0.15, 0.2) is 0 Å². The molecule has 0 aliphatic rings. The van der Waals surface area contributed by atoms with Crippen LogP contribution in [0.4, 0.5) is 0 Å². The zero-order chi connectivity index (χ0) is 20.5. The van der Waals surface area contributed by atoms with Crippen molar-refractivity contribution in [3.05, 3.63) is 101 Å². The van der Waals surface area contributed by atoms with Gasteiger partial charge in [-0.3, -0.25) is 9.59 Å². The first kappa shape index (κ1) is 20.1. The molecule has 0 bridgehead atoms. The Balaban J connectivity index is 1.46. The summed E-state index contributed by atoms with van der Waals surface area (Å²) in [5.74, 6) is 0.267. The maximum Gasteiger partial charge on any atom is 0.251 e. The van der Waals surface area contributed by atoms with E-state index in [4.69, 9.17) is 4.74 Å². The van der Waals surface area contributed by atoms with Crippen molar-refractivity contribution in [2.45, 2.75) is 13.5 Å². The lowest BCUT2D eigenvalue weighted by Gasteiger charge is -2.10. The molecule has 2 amide bonds. The summed E-state index contributed by atoms with van der Waals surface area (Å²) < 4.78 is 5.81. The molecule has 3 aromatic rings. The highest BCUT2D eigenvalue weighted by Gasteiger charge is 2.08. The maximum absolute atomic E-state index is 12.4. The largest absolute Gasteiger partial charge is 0.489 e. The molecule has 0 heterocycles. The van der Waals surface area contributed by atoms with E-state index in [2.05, 4.69) is 16.7 Å². The van der Waals surface area contributed by atoms with Crippen molar-refractivity contribution in [1.82, 2.24) is 10.6 Å². The molecular weight excluding hydrogens is 364 g/mol. The molecule has 2 N–H and O–H groups in total. The number of carbonyl (C=O) groups is 2. The van der Waals surface area contributed by atoms with E-state index < -0.39 is 0 Å². The molecule has 0 spiro atoms. The summed E-state index contributed by atoms with van der Waals surface area (Å²) in [7, 11) is 0. The molecule has 0 radical (unpaired) electrons. The third kappa shape index (κ3) is 6.21. The van der Waals surface area contributed by atoms with Crippen LogP contribution in [0.25, 0.3) is 0 Å². The number of aryl methyl sites for hydroxylation is 1. The zero-order valence-electron chi connectivity index (χ0n) is 16.4. The fourth-order valence-electron chi connectivity index (χ4n) is 2.84. The second kappa shape index (κ2) is 10.1. The topological polar surface area (TPSA) is 67.4 Å². The summed E-state index contributed by atoms with van der Waals surface area (Å²) in [6.45, 7) is 3.17. The molecule has 0 atom stereocenters. The maximum atomic E-state index is 12.4. The van der Waals surface area contributed by atoms with Gasteiger partial charge in [-0.05, 0) is 42.8 Å². The molecule has 0 saturated carbocycles. The third-order valence-electron chi connectivity index (χ3n) is 4.32. The van der Waals surface area contributed by atoms with Crippen molar-refractivity contribution in [2.24, 2.45) is 0 Å². The van der Waals surface area contributed by atoms with Crippen LogP contribution in [0, 0.1) is 6.92 Å². The van der Waals surface area contributed by atoms with Gasteiger partial charge in [0, 0.05) is 24.2 Å².